The van der Waals surface area contributed by atoms with E-state index in [4.69, 9.17) is 15.2 Å². The van der Waals surface area contributed by atoms with Crippen molar-refractivity contribution < 1.29 is 29.3 Å². The van der Waals surface area contributed by atoms with Gasteiger partial charge in [-0.15, -0.1) is 0 Å². The van der Waals surface area contributed by atoms with Gasteiger partial charge in [-0.05, 0) is 63.7 Å². The van der Waals surface area contributed by atoms with Gasteiger partial charge in [0.05, 0.1) is 0 Å². The monoisotopic (exact) mass is 555 g/mol. The van der Waals surface area contributed by atoms with Gasteiger partial charge in [0.25, 0.3) is 5.91 Å². The molecule has 6 N–H and O–H groups in total. The lowest BCUT2D eigenvalue weighted by atomic mass is 9.94. The van der Waals surface area contributed by atoms with Gasteiger partial charge in [0.15, 0.2) is 24.0 Å². The van der Waals surface area contributed by atoms with Gasteiger partial charge in [0.2, 0.25) is 5.82 Å². The van der Waals surface area contributed by atoms with E-state index in [2.05, 4.69) is 37.4 Å². The predicted molar refractivity (Wildman–Crippen MR) is 146 cm³/mol. The van der Waals surface area contributed by atoms with Crippen LogP contribution in [0.1, 0.15) is 64.1 Å². The molecule has 4 atom stereocenters. The van der Waals surface area contributed by atoms with Crippen molar-refractivity contribution in [3.8, 4) is 11.8 Å². The second-order valence-corrected chi connectivity index (χ2v) is 10.8. The smallest absolute Gasteiger partial charge is 0.410 e. The summed E-state index contributed by atoms with van der Waals surface area (Å²) < 4.78 is 11.2. The van der Waals surface area contributed by atoms with Crippen LogP contribution in [0.4, 0.5) is 22.1 Å². The highest BCUT2D eigenvalue weighted by molar-refractivity contribution is 5.83. The zero-order valence-electron chi connectivity index (χ0n) is 22.6. The molecule has 4 fully saturated rings. The highest BCUT2D eigenvalue weighted by atomic mass is 16.6. The van der Waals surface area contributed by atoms with Crippen LogP contribution >= 0.6 is 0 Å². The van der Waals surface area contributed by atoms with Gasteiger partial charge in [-0.2, -0.15) is 0 Å². The van der Waals surface area contributed by atoms with E-state index in [1.54, 1.807) is 11.8 Å². The molecular weight excluding hydrogens is 518 g/mol. The number of hydrogen-bond acceptors (Lipinski definition) is 11. The predicted octanol–water partition coefficient (Wildman–Crippen LogP) is 1.06. The molecule has 0 aromatic carbocycles. The largest absolute Gasteiger partial charge is 0.446 e. The van der Waals surface area contributed by atoms with Crippen LogP contribution in [0.3, 0.4) is 0 Å². The Hall–Kier alpha value is -3.47. The Morgan fingerprint density at radius 2 is 1.93 bits per heavy atom. The number of nitrogen functional groups attached to an aromatic ring is 1. The first-order chi connectivity index (χ1) is 19.3. The first kappa shape index (κ1) is 28.1. The van der Waals surface area contributed by atoms with E-state index in [9.17, 15) is 19.8 Å². The van der Waals surface area contributed by atoms with E-state index in [1.165, 1.54) is 6.21 Å². The van der Waals surface area contributed by atoms with E-state index in [1.807, 2.05) is 0 Å². The summed E-state index contributed by atoms with van der Waals surface area (Å²) in [5.41, 5.74) is 6.38. The van der Waals surface area contributed by atoms with Crippen molar-refractivity contribution in [2.24, 2.45) is 10.9 Å². The van der Waals surface area contributed by atoms with Gasteiger partial charge < -0.3 is 41.0 Å². The summed E-state index contributed by atoms with van der Waals surface area (Å²) in [6.45, 7) is 3.00. The first-order valence-electron chi connectivity index (χ1n) is 14.0. The molecule has 2 aliphatic carbocycles. The van der Waals surface area contributed by atoms with Crippen LogP contribution in [0.15, 0.2) is 4.99 Å². The Morgan fingerprint density at radius 3 is 2.58 bits per heavy atom. The molecule has 4 unspecified atom stereocenters. The molecule has 4 aliphatic rings. The maximum Gasteiger partial charge on any atom is 0.410 e. The second-order valence-electron chi connectivity index (χ2n) is 10.8. The number of ether oxygens (including phenoxy) is 2. The molecule has 13 heteroatoms. The molecule has 0 bridgehead atoms. The van der Waals surface area contributed by atoms with Gasteiger partial charge in [0, 0.05) is 31.8 Å². The molecule has 40 heavy (non-hydrogen) atoms. The maximum atomic E-state index is 12.4. The SMILES string of the molecule is CC=Nc1c(N)nc(C#CCC2CCN(C(=O)OC3CCC3)CC2)nc1NC1OC(C(=O)NC2CC2)C(O)C1O. The van der Waals surface area contributed by atoms with E-state index in [0.29, 0.717) is 25.4 Å². The Morgan fingerprint density at radius 1 is 1.18 bits per heavy atom. The number of anilines is 2. The topological polar surface area (TPSA) is 185 Å². The van der Waals surface area contributed by atoms with Gasteiger partial charge >= 0.3 is 6.09 Å². The number of carbonyl (C=O) groups is 2. The zero-order chi connectivity index (χ0) is 28.2. The first-order valence-corrected chi connectivity index (χ1v) is 14.0. The lowest BCUT2D eigenvalue weighted by Crippen LogP contribution is -2.43. The third kappa shape index (κ3) is 6.63. The normalized spacial score (nSPS) is 27.1. The van der Waals surface area contributed by atoms with Crippen LogP contribution in [0.2, 0.25) is 0 Å². The summed E-state index contributed by atoms with van der Waals surface area (Å²) in [7, 11) is 0. The lowest BCUT2D eigenvalue weighted by molar-refractivity contribution is -0.135. The van der Waals surface area contributed by atoms with Crippen LogP contribution < -0.4 is 16.4 Å². The molecule has 0 radical (unpaired) electrons. The second kappa shape index (κ2) is 12.4. The minimum absolute atomic E-state index is 0.0780. The van der Waals surface area contributed by atoms with Crippen molar-refractivity contribution in [2.45, 2.75) is 95.0 Å². The molecule has 13 nitrogen and oxygen atoms in total. The number of aromatic nitrogens is 2. The van der Waals surface area contributed by atoms with Crippen LogP contribution in [0.25, 0.3) is 0 Å². The van der Waals surface area contributed by atoms with E-state index < -0.39 is 30.4 Å². The van der Waals surface area contributed by atoms with Crippen LogP contribution in [-0.2, 0) is 14.3 Å². The fraction of sp³-hybridized carbons (Fsp3) is 0.667. The standard InChI is InChI=1S/C27H37N7O6/c1-2-29-19-23(28)31-18(8-3-5-15-11-13-34(14-12-15)27(38)39-17-6-4-7-17)32-24(19)33-26-21(36)20(35)22(40-26)25(37)30-16-9-10-16/h2,15-17,20-22,26,35-36H,4-7,9-14H2,1H3,(H,30,37)(H3,28,31,32,33). The van der Waals surface area contributed by atoms with Crippen LogP contribution in [0, 0.1) is 17.8 Å². The van der Waals surface area contributed by atoms with Gasteiger partial charge in [0.1, 0.15) is 24.0 Å². The van der Waals surface area contributed by atoms with Gasteiger partial charge in [-0.3, -0.25) is 9.79 Å². The number of carbonyl (C=O) groups excluding carboxylic acids is 2. The number of aliphatic hydroxyl groups is 2. The van der Waals surface area contributed by atoms with E-state index in [0.717, 1.165) is 44.9 Å². The van der Waals surface area contributed by atoms with Crippen molar-refractivity contribution in [1.82, 2.24) is 20.2 Å². The average Bonchev–Trinajstić information content (AvgIpc) is 3.69. The number of likely N-dealkylation sites (tertiary alicyclic amines) is 1. The molecule has 1 aromatic heterocycles. The number of hydrogen-bond donors (Lipinski definition) is 5. The number of aliphatic imine (C=N–C) groups is 1. The quantitative estimate of drug-likeness (QED) is 0.241. The highest BCUT2D eigenvalue weighted by Gasteiger charge is 2.47. The Bertz CT molecular complexity index is 1180. The molecule has 5 rings (SSSR count). The molecule has 2 saturated heterocycles. The highest BCUT2D eigenvalue weighted by Crippen LogP contribution is 2.32. The number of nitrogens with two attached hydrogens (primary N) is 1. The fourth-order valence-corrected chi connectivity index (χ4v) is 4.84. The van der Waals surface area contributed by atoms with Gasteiger partial charge in [-0.1, -0.05) is 5.92 Å². The maximum absolute atomic E-state index is 12.4. The lowest BCUT2D eigenvalue weighted by Gasteiger charge is -2.33. The Kier molecular flexibility index (Phi) is 8.68. The number of nitrogens with one attached hydrogen (secondary N) is 2. The van der Waals surface area contributed by atoms with Crippen molar-refractivity contribution >= 4 is 35.5 Å². The average molecular weight is 556 g/mol. The molecule has 2 aliphatic heterocycles. The Labute approximate surface area is 232 Å². The molecule has 2 saturated carbocycles. The molecular formula is C27H37N7O6. The van der Waals surface area contributed by atoms with Crippen LogP contribution in [-0.4, -0.2) is 93.1 Å². The third-order valence-corrected chi connectivity index (χ3v) is 7.68. The third-order valence-electron chi connectivity index (χ3n) is 7.68. The van der Waals surface area contributed by atoms with Crippen molar-refractivity contribution in [3.05, 3.63) is 5.82 Å². The minimum atomic E-state index is -1.42. The molecule has 2 amide bonds. The molecule has 0 spiro atoms. The Balaban J connectivity index is 1.20. The summed E-state index contributed by atoms with van der Waals surface area (Å²) in [6.07, 6.45) is 3.32. The van der Waals surface area contributed by atoms with Crippen LogP contribution in [0.5, 0.6) is 0 Å². The number of nitrogens with zero attached hydrogens (tertiary/aromatic N) is 4. The number of rotatable bonds is 7. The van der Waals surface area contributed by atoms with Crippen molar-refractivity contribution in [3.63, 3.8) is 0 Å². The van der Waals surface area contributed by atoms with E-state index in [-0.39, 0.29) is 41.4 Å². The number of piperidine rings is 1. The summed E-state index contributed by atoms with van der Waals surface area (Å²) in [6, 6.07) is 0.0850. The summed E-state index contributed by atoms with van der Waals surface area (Å²) in [4.78, 5) is 39.4. The summed E-state index contributed by atoms with van der Waals surface area (Å²) in [5, 5.41) is 26.7. The number of aliphatic hydroxyl groups excluding tert-OH is 2. The molecule has 1 aromatic rings. The van der Waals surface area contributed by atoms with E-state index >= 15 is 0 Å². The van der Waals surface area contributed by atoms with Crippen molar-refractivity contribution in [2.75, 3.05) is 24.1 Å². The summed E-state index contributed by atoms with van der Waals surface area (Å²) in [5.74, 6) is 6.33. The fourth-order valence-electron chi connectivity index (χ4n) is 4.84. The molecule has 216 valence electrons. The summed E-state index contributed by atoms with van der Waals surface area (Å²) >= 11 is 0. The minimum Gasteiger partial charge on any atom is -0.446 e. The number of amides is 2. The zero-order valence-corrected chi connectivity index (χ0v) is 22.6. The van der Waals surface area contributed by atoms with Gasteiger partial charge in [-0.25, -0.2) is 14.8 Å². The molecule has 3 heterocycles. The van der Waals surface area contributed by atoms with Crippen molar-refractivity contribution in [1.29, 1.82) is 0 Å².